The molecule has 1 amide bonds. The lowest BCUT2D eigenvalue weighted by Crippen LogP contribution is -2.34. The van der Waals surface area contributed by atoms with E-state index in [1.54, 1.807) is 20.3 Å². The number of benzene rings is 2. The van der Waals surface area contributed by atoms with E-state index in [1.807, 2.05) is 55.5 Å². The maximum atomic E-state index is 13.1. The number of phenolic OH excluding ortho intramolecular Hbond substituents is 1. The van der Waals surface area contributed by atoms with Gasteiger partial charge in [-0.25, -0.2) is 0 Å². The molecular formula is C28H33N3O4. The number of para-hydroxylation sites is 1. The molecule has 2 heterocycles. The first-order chi connectivity index (χ1) is 17.0. The number of aromatic nitrogens is 1. The van der Waals surface area contributed by atoms with E-state index in [9.17, 15) is 9.90 Å². The third-order valence-electron chi connectivity index (χ3n) is 6.60. The van der Waals surface area contributed by atoms with Gasteiger partial charge in [-0.2, -0.15) is 0 Å². The highest BCUT2D eigenvalue weighted by molar-refractivity contribution is 5.95. The Bertz CT molecular complexity index is 1170. The molecule has 1 aliphatic heterocycles. The summed E-state index contributed by atoms with van der Waals surface area (Å²) in [5.41, 5.74) is 4.23. The molecule has 1 aliphatic rings. The van der Waals surface area contributed by atoms with Crippen molar-refractivity contribution in [2.45, 2.75) is 38.8 Å². The highest BCUT2D eigenvalue weighted by Crippen LogP contribution is 2.32. The highest BCUT2D eigenvalue weighted by atomic mass is 16.5. The van der Waals surface area contributed by atoms with Crippen LogP contribution in [-0.2, 0) is 13.1 Å². The molecule has 35 heavy (non-hydrogen) atoms. The number of carbonyl (C=O) groups is 1. The van der Waals surface area contributed by atoms with E-state index in [-0.39, 0.29) is 17.6 Å². The number of ether oxygens (including phenoxy) is 2. The molecule has 0 aliphatic carbocycles. The van der Waals surface area contributed by atoms with Gasteiger partial charge < -0.3 is 19.9 Å². The molecule has 1 fully saturated rings. The minimum Gasteiger partial charge on any atom is -0.507 e. The number of nitrogens with one attached hydrogen (secondary N) is 1. The maximum absolute atomic E-state index is 13.1. The Kier molecular flexibility index (Phi) is 7.87. The van der Waals surface area contributed by atoms with Gasteiger partial charge in [0.15, 0.2) is 0 Å². The van der Waals surface area contributed by atoms with Crippen molar-refractivity contribution in [2.24, 2.45) is 0 Å². The number of piperidine rings is 1. The van der Waals surface area contributed by atoms with Gasteiger partial charge in [-0.15, -0.1) is 0 Å². The van der Waals surface area contributed by atoms with Gasteiger partial charge in [0.2, 0.25) is 0 Å². The number of aryl methyl sites for hydroxylation is 1. The summed E-state index contributed by atoms with van der Waals surface area (Å²) >= 11 is 0. The molecule has 0 atom stereocenters. The molecule has 0 bridgehead atoms. The van der Waals surface area contributed by atoms with E-state index in [4.69, 9.17) is 14.5 Å². The van der Waals surface area contributed by atoms with E-state index < -0.39 is 0 Å². The molecule has 7 nitrogen and oxygen atoms in total. The number of rotatable bonds is 8. The fourth-order valence-electron chi connectivity index (χ4n) is 4.61. The quantitative estimate of drug-likeness (QED) is 0.502. The molecule has 184 valence electrons. The summed E-state index contributed by atoms with van der Waals surface area (Å²) in [4.78, 5) is 20.3. The summed E-state index contributed by atoms with van der Waals surface area (Å²) in [6.07, 6.45) is 1.81. The van der Waals surface area contributed by atoms with E-state index in [2.05, 4.69) is 10.2 Å². The first kappa shape index (κ1) is 24.5. The molecule has 0 radical (unpaired) electrons. The van der Waals surface area contributed by atoms with Crippen molar-refractivity contribution in [3.8, 4) is 17.2 Å². The maximum Gasteiger partial charge on any atom is 0.253 e. The lowest BCUT2D eigenvalue weighted by Gasteiger charge is -2.32. The Morgan fingerprint density at radius 1 is 1.06 bits per heavy atom. The molecule has 2 aromatic carbocycles. The van der Waals surface area contributed by atoms with Gasteiger partial charge in [0, 0.05) is 41.9 Å². The van der Waals surface area contributed by atoms with Crippen LogP contribution in [0.4, 0.5) is 0 Å². The fourth-order valence-corrected chi connectivity index (χ4v) is 4.61. The summed E-state index contributed by atoms with van der Waals surface area (Å²) in [7, 11) is 3.22. The molecule has 1 saturated heterocycles. The smallest absolute Gasteiger partial charge is 0.253 e. The number of hydrogen-bond acceptors (Lipinski definition) is 6. The zero-order valence-electron chi connectivity index (χ0n) is 20.6. The number of nitrogens with zero attached hydrogens (tertiary/aromatic N) is 2. The van der Waals surface area contributed by atoms with E-state index in [0.717, 1.165) is 54.2 Å². The summed E-state index contributed by atoms with van der Waals surface area (Å²) in [6, 6.07) is 16.9. The molecule has 3 aromatic rings. The fraction of sp³-hybridized carbons (Fsp3) is 0.357. The van der Waals surface area contributed by atoms with Crippen LogP contribution in [0.25, 0.3) is 0 Å². The molecule has 0 unspecified atom stereocenters. The SMILES string of the molecule is COc1ccc(CN2CCC(c3nc(C)ccc3C(=O)NCc3ccccc3OC)CC2)c(O)c1. The number of amides is 1. The lowest BCUT2D eigenvalue weighted by molar-refractivity contribution is 0.0947. The third-order valence-corrected chi connectivity index (χ3v) is 6.60. The van der Waals surface area contributed by atoms with Crippen LogP contribution in [0.5, 0.6) is 17.2 Å². The molecule has 0 saturated carbocycles. The van der Waals surface area contributed by atoms with Crippen LogP contribution in [0.3, 0.4) is 0 Å². The summed E-state index contributed by atoms with van der Waals surface area (Å²) in [5, 5.41) is 13.3. The van der Waals surface area contributed by atoms with Crippen molar-refractivity contribution in [3.05, 3.63) is 82.7 Å². The summed E-state index contributed by atoms with van der Waals surface area (Å²) in [5.74, 6) is 1.74. The van der Waals surface area contributed by atoms with Gasteiger partial charge in [-0.3, -0.25) is 14.7 Å². The molecule has 1 aromatic heterocycles. The van der Waals surface area contributed by atoms with Crippen molar-refractivity contribution < 1.29 is 19.4 Å². The van der Waals surface area contributed by atoms with Gasteiger partial charge in [-0.1, -0.05) is 24.3 Å². The number of aromatic hydroxyl groups is 1. The van der Waals surface area contributed by atoms with E-state index in [0.29, 0.717) is 24.4 Å². The Labute approximate surface area is 206 Å². The number of hydrogen-bond donors (Lipinski definition) is 2. The number of likely N-dealkylation sites (tertiary alicyclic amines) is 1. The first-order valence-electron chi connectivity index (χ1n) is 11.9. The van der Waals surface area contributed by atoms with Crippen molar-refractivity contribution >= 4 is 5.91 Å². The van der Waals surface area contributed by atoms with E-state index >= 15 is 0 Å². The van der Waals surface area contributed by atoms with Gasteiger partial charge >= 0.3 is 0 Å². The number of pyridine rings is 1. The largest absolute Gasteiger partial charge is 0.507 e. The van der Waals surface area contributed by atoms with Gasteiger partial charge in [0.25, 0.3) is 5.91 Å². The van der Waals surface area contributed by atoms with Crippen LogP contribution in [0.2, 0.25) is 0 Å². The topological polar surface area (TPSA) is 83.9 Å². The van der Waals surface area contributed by atoms with Crippen molar-refractivity contribution in [3.63, 3.8) is 0 Å². The zero-order valence-corrected chi connectivity index (χ0v) is 20.6. The second-order valence-electron chi connectivity index (χ2n) is 8.93. The Balaban J connectivity index is 1.41. The second kappa shape index (κ2) is 11.2. The van der Waals surface area contributed by atoms with Gasteiger partial charge in [0.05, 0.1) is 25.5 Å². The Morgan fingerprint density at radius 2 is 1.83 bits per heavy atom. The predicted octanol–water partition coefficient (Wildman–Crippen LogP) is 4.42. The van der Waals surface area contributed by atoms with Crippen LogP contribution in [0.15, 0.2) is 54.6 Å². The third kappa shape index (κ3) is 5.92. The molecular weight excluding hydrogens is 442 g/mol. The molecule has 2 N–H and O–H groups in total. The van der Waals surface area contributed by atoms with Crippen molar-refractivity contribution in [1.29, 1.82) is 0 Å². The Hall–Kier alpha value is -3.58. The van der Waals surface area contributed by atoms with Crippen molar-refractivity contribution in [2.75, 3.05) is 27.3 Å². The number of methoxy groups -OCH3 is 2. The average Bonchev–Trinajstić information content (AvgIpc) is 2.89. The minimum atomic E-state index is -0.121. The lowest BCUT2D eigenvalue weighted by atomic mass is 9.89. The van der Waals surface area contributed by atoms with Crippen LogP contribution in [0.1, 0.15) is 51.6 Å². The van der Waals surface area contributed by atoms with Gasteiger partial charge in [-0.05, 0) is 57.1 Å². The number of phenols is 1. The molecule has 7 heteroatoms. The monoisotopic (exact) mass is 475 g/mol. The summed E-state index contributed by atoms with van der Waals surface area (Å²) < 4.78 is 10.6. The van der Waals surface area contributed by atoms with Crippen LogP contribution < -0.4 is 14.8 Å². The van der Waals surface area contributed by atoms with Crippen LogP contribution in [-0.4, -0.2) is 48.2 Å². The minimum absolute atomic E-state index is 0.121. The normalized spacial score (nSPS) is 14.5. The van der Waals surface area contributed by atoms with Crippen LogP contribution >= 0.6 is 0 Å². The van der Waals surface area contributed by atoms with Gasteiger partial charge in [0.1, 0.15) is 17.2 Å². The van der Waals surface area contributed by atoms with Crippen molar-refractivity contribution in [1.82, 2.24) is 15.2 Å². The highest BCUT2D eigenvalue weighted by Gasteiger charge is 2.26. The summed E-state index contributed by atoms with van der Waals surface area (Å²) in [6.45, 7) is 4.76. The second-order valence-corrected chi connectivity index (χ2v) is 8.93. The number of carbonyl (C=O) groups excluding carboxylic acids is 1. The van der Waals surface area contributed by atoms with E-state index in [1.165, 1.54) is 0 Å². The first-order valence-corrected chi connectivity index (χ1v) is 11.9. The standard InChI is InChI=1S/C28H33N3O4/c1-19-8-11-24(28(33)29-17-21-6-4-5-7-26(21)35-3)27(30-19)20-12-14-31(15-13-20)18-22-9-10-23(34-2)16-25(22)32/h4-11,16,20,32H,12-15,17-18H2,1-3H3,(H,29,33). The predicted molar refractivity (Wildman–Crippen MR) is 135 cm³/mol. The molecule has 4 rings (SSSR count). The van der Waals surface area contributed by atoms with Crippen LogP contribution in [0, 0.1) is 6.92 Å². The Morgan fingerprint density at radius 3 is 2.54 bits per heavy atom. The zero-order chi connectivity index (χ0) is 24.8. The molecule has 0 spiro atoms. The average molecular weight is 476 g/mol.